The van der Waals surface area contributed by atoms with Crippen molar-refractivity contribution >= 4 is 0 Å². The number of hydrogen-bond donors (Lipinski definition) is 8. The van der Waals surface area contributed by atoms with E-state index < -0.39 is 36.6 Å². The summed E-state index contributed by atoms with van der Waals surface area (Å²) in [6.07, 6.45) is -9.34. The Labute approximate surface area is 98.0 Å². The molecule has 0 unspecified atom stereocenters. The molecule has 8 heteroatoms. The summed E-state index contributed by atoms with van der Waals surface area (Å²) < 4.78 is 0. The first kappa shape index (κ1) is 16.7. The third kappa shape index (κ3) is 4.45. The Morgan fingerprint density at radius 3 is 0.706 bits per heavy atom. The second-order valence-electron chi connectivity index (χ2n) is 3.74. The van der Waals surface area contributed by atoms with Gasteiger partial charge in [0.05, 0.1) is 0 Å². The van der Waals surface area contributed by atoms with Gasteiger partial charge in [-0.15, -0.1) is 0 Å². The average Bonchev–Trinajstić information content (AvgIpc) is 2.33. The third-order valence-electron chi connectivity index (χ3n) is 2.42. The third-order valence-corrected chi connectivity index (χ3v) is 2.42. The van der Waals surface area contributed by atoms with Crippen LogP contribution in [0.5, 0.6) is 0 Å². The maximum Gasteiger partial charge on any atom is 0.111 e. The fraction of sp³-hybridized carbons (Fsp3) is 1.00. The van der Waals surface area contributed by atoms with Gasteiger partial charge in [-0.25, -0.2) is 0 Å². The standard InChI is InChI=1S/C6H12O6.C3H8O2/c7-1-2(8)4(10)6(12)5(11)3(1)9;4-2-1-3-5/h1-12H;4-5H,1-3H2. The van der Waals surface area contributed by atoms with Crippen LogP contribution in [0.1, 0.15) is 6.42 Å². The van der Waals surface area contributed by atoms with Crippen molar-refractivity contribution in [3.8, 4) is 0 Å². The van der Waals surface area contributed by atoms with Crippen LogP contribution in [0, 0.1) is 0 Å². The molecule has 1 fully saturated rings. The second-order valence-corrected chi connectivity index (χ2v) is 3.74. The van der Waals surface area contributed by atoms with Crippen LogP contribution in [-0.4, -0.2) is 90.7 Å². The molecule has 0 aromatic rings. The topological polar surface area (TPSA) is 162 Å². The first-order chi connectivity index (χ1) is 7.88. The van der Waals surface area contributed by atoms with Crippen LogP contribution < -0.4 is 0 Å². The molecule has 0 spiro atoms. The molecule has 0 aromatic heterocycles. The predicted octanol–water partition coefficient (Wildman–Crippen LogP) is -4.47. The molecule has 1 saturated carbocycles. The summed E-state index contributed by atoms with van der Waals surface area (Å²) in [5.74, 6) is 0. The van der Waals surface area contributed by atoms with E-state index in [1.165, 1.54) is 0 Å². The van der Waals surface area contributed by atoms with Crippen LogP contribution >= 0.6 is 0 Å². The lowest BCUT2D eigenvalue weighted by molar-refractivity contribution is -0.223. The van der Waals surface area contributed by atoms with Crippen LogP contribution in [0.4, 0.5) is 0 Å². The molecule has 1 aliphatic carbocycles. The van der Waals surface area contributed by atoms with Gasteiger partial charge in [-0.2, -0.15) is 0 Å². The molecule has 17 heavy (non-hydrogen) atoms. The molecule has 0 saturated heterocycles. The molecule has 104 valence electrons. The normalized spacial score (nSPS) is 41.6. The van der Waals surface area contributed by atoms with E-state index >= 15 is 0 Å². The van der Waals surface area contributed by atoms with Gasteiger partial charge in [0.2, 0.25) is 0 Å². The summed E-state index contributed by atoms with van der Waals surface area (Å²) >= 11 is 0. The Bertz CT molecular complexity index is 141. The summed E-state index contributed by atoms with van der Waals surface area (Å²) in [4.78, 5) is 0. The molecule has 8 N–H and O–H groups in total. The lowest BCUT2D eigenvalue weighted by Crippen LogP contribution is -2.63. The lowest BCUT2D eigenvalue weighted by atomic mass is 9.85. The number of hydrogen-bond acceptors (Lipinski definition) is 8. The maximum absolute atomic E-state index is 8.97. The molecular formula is C9H20O8. The molecule has 0 bridgehead atoms. The monoisotopic (exact) mass is 256 g/mol. The Kier molecular flexibility index (Phi) is 7.75. The minimum absolute atomic E-state index is 0.0938. The molecular weight excluding hydrogens is 236 g/mol. The average molecular weight is 256 g/mol. The molecule has 0 radical (unpaired) electrons. The van der Waals surface area contributed by atoms with Crippen molar-refractivity contribution in [3.05, 3.63) is 0 Å². The van der Waals surface area contributed by atoms with Gasteiger partial charge in [-0.1, -0.05) is 0 Å². The van der Waals surface area contributed by atoms with Crippen molar-refractivity contribution in [1.29, 1.82) is 0 Å². The van der Waals surface area contributed by atoms with Crippen LogP contribution in [0.25, 0.3) is 0 Å². The molecule has 0 aromatic carbocycles. The first-order valence-corrected chi connectivity index (χ1v) is 5.18. The quantitative estimate of drug-likeness (QED) is 0.245. The van der Waals surface area contributed by atoms with E-state index in [0.717, 1.165) is 0 Å². The lowest BCUT2D eigenvalue weighted by Gasteiger charge is -2.39. The van der Waals surface area contributed by atoms with Crippen molar-refractivity contribution in [1.82, 2.24) is 0 Å². The summed E-state index contributed by atoms with van der Waals surface area (Å²) in [5, 5.41) is 69.7. The molecule has 0 atom stereocenters. The highest BCUT2D eigenvalue weighted by atomic mass is 16.4. The maximum atomic E-state index is 8.97. The number of rotatable bonds is 2. The fourth-order valence-electron chi connectivity index (χ4n) is 1.28. The fourth-order valence-corrected chi connectivity index (χ4v) is 1.28. The van der Waals surface area contributed by atoms with Gasteiger partial charge >= 0.3 is 0 Å². The van der Waals surface area contributed by atoms with E-state index in [-0.39, 0.29) is 13.2 Å². The second kappa shape index (κ2) is 7.90. The Morgan fingerprint density at radius 1 is 0.471 bits per heavy atom. The van der Waals surface area contributed by atoms with Gasteiger partial charge in [0.1, 0.15) is 36.6 Å². The van der Waals surface area contributed by atoms with E-state index in [0.29, 0.717) is 6.42 Å². The SMILES string of the molecule is OC1C(O)C(O)C(O)C(O)C1O.OCCCO. The molecule has 1 rings (SSSR count). The minimum Gasteiger partial charge on any atom is -0.396 e. The van der Waals surface area contributed by atoms with E-state index in [2.05, 4.69) is 0 Å². The molecule has 8 nitrogen and oxygen atoms in total. The number of aliphatic hydroxyl groups excluding tert-OH is 8. The van der Waals surface area contributed by atoms with Gasteiger partial charge in [0, 0.05) is 13.2 Å². The predicted molar refractivity (Wildman–Crippen MR) is 54.8 cm³/mol. The van der Waals surface area contributed by atoms with E-state index in [1.807, 2.05) is 0 Å². The summed E-state index contributed by atoms with van der Waals surface area (Å²) in [6.45, 7) is 0.188. The Morgan fingerprint density at radius 2 is 0.647 bits per heavy atom. The van der Waals surface area contributed by atoms with E-state index in [4.69, 9.17) is 40.9 Å². The smallest absolute Gasteiger partial charge is 0.111 e. The first-order valence-electron chi connectivity index (χ1n) is 5.18. The zero-order valence-electron chi connectivity index (χ0n) is 9.16. The highest BCUT2D eigenvalue weighted by Gasteiger charge is 2.47. The summed E-state index contributed by atoms with van der Waals surface area (Å²) in [6, 6.07) is 0. The molecule has 0 aliphatic heterocycles. The highest BCUT2D eigenvalue weighted by Crippen LogP contribution is 2.20. The van der Waals surface area contributed by atoms with Crippen molar-refractivity contribution in [2.75, 3.05) is 13.2 Å². The van der Waals surface area contributed by atoms with Gasteiger partial charge in [-0.05, 0) is 6.42 Å². The van der Waals surface area contributed by atoms with Crippen molar-refractivity contribution < 1.29 is 40.9 Å². The van der Waals surface area contributed by atoms with Crippen molar-refractivity contribution in [3.63, 3.8) is 0 Å². The van der Waals surface area contributed by atoms with Crippen molar-refractivity contribution in [2.24, 2.45) is 0 Å². The van der Waals surface area contributed by atoms with Crippen LogP contribution in [0.3, 0.4) is 0 Å². The highest BCUT2D eigenvalue weighted by molar-refractivity contribution is 4.98. The molecule has 0 heterocycles. The van der Waals surface area contributed by atoms with Crippen LogP contribution in [0.2, 0.25) is 0 Å². The van der Waals surface area contributed by atoms with Gasteiger partial charge in [0.15, 0.2) is 0 Å². The minimum atomic E-state index is -1.64. The van der Waals surface area contributed by atoms with Crippen LogP contribution in [0.15, 0.2) is 0 Å². The summed E-state index contributed by atoms with van der Waals surface area (Å²) in [5.41, 5.74) is 0. The largest absolute Gasteiger partial charge is 0.396 e. The van der Waals surface area contributed by atoms with Crippen molar-refractivity contribution in [2.45, 2.75) is 43.0 Å². The number of aliphatic hydroxyl groups is 8. The molecule has 1 aliphatic rings. The molecule has 0 amide bonds. The van der Waals surface area contributed by atoms with E-state index in [9.17, 15) is 0 Å². The summed E-state index contributed by atoms with van der Waals surface area (Å²) in [7, 11) is 0. The Hall–Kier alpha value is -0.320. The van der Waals surface area contributed by atoms with Gasteiger partial charge in [-0.3, -0.25) is 0 Å². The zero-order valence-corrected chi connectivity index (χ0v) is 9.16. The van der Waals surface area contributed by atoms with Crippen LogP contribution in [-0.2, 0) is 0 Å². The Balaban J connectivity index is 0.000000437. The van der Waals surface area contributed by atoms with Gasteiger partial charge < -0.3 is 40.9 Å². The van der Waals surface area contributed by atoms with E-state index in [1.54, 1.807) is 0 Å². The zero-order chi connectivity index (χ0) is 13.6. The van der Waals surface area contributed by atoms with Gasteiger partial charge in [0.25, 0.3) is 0 Å².